The Bertz CT molecular complexity index is 1170. The first-order valence-corrected chi connectivity index (χ1v) is 10.7. The van der Waals surface area contributed by atoms with Gasteiger partial charge >= 0.3 is 0 Å². The molecule has 0 unspecified atom stereocenters. The number of hydrogen-bond acceptors (Lipinski definition) is 8. The number of nitrogens with zero attached hydrogens (tertiary/aromatic N) is 2. The van der Waals surface area contributed by atoms with Gasteiger partial charge in [0, 0.05) is 17.4 Å². The minimum absolute atomic E-state index is 0.000485. The summed E-state index contributed by atoms with van der Waals surface area (Å²) in [5, 5.41) is 19.5. The fraction of sp³-hybridized carbons (Fsp3) is 0.190. The van der Waals surface area contributed by atoms with Crippen LogP contribution in [-0.4, -0.2) is 29.7 Å². The van der Waals surface area contributed by atoms with Crippen LogP contribution in [0.1, 0.15) is 18.1 Å². The monoisotopic (exact) mass is 441 g/mol. The lowest BCUT2D eigenvalue weighted by Gasteiger charge is -2.10. The van der Waals surface area contributed by atoms with Gasteiger partial charge in [-0.2, -0.15) is 5.26 Å². The second-order valence-corrected chi connectivity index (χ2v) is 8.35. The molecule has 0 atom stereocenters. The van der Waals surface area contributed by atoms with E-state index in [0.29, 0.717) is 23.5 Å². The van der Waals surface area contributed by atoms with E-state index in [0.717, 1.165) is 20.3 Å². The van der Waals surface area contributed by atoms with Crippen molar-refractivity contribution < 1.29 is 19.4 Å². The molecule has 0 fully saturated rings. The van der Waals surface area contributed by atoms with Crippen LogP contribution in [-0.2, 0) is 10.5 Å². The summed E-state index contributed by atoms with van der Waals surface area (Å²) in [7, 11) is 1.43. The van der Waals surface area contributed by atoms with Gasteiger partial charge in [-0.05, 0) is 42.8 Å². The number of aromatic hydroxyl groups is 1. The molecule has 0 saturated carbocycles. The first-order valence-electron chi connectivity index (χ1n) is 8.92. The average molecular weight is 442 g/mol. The van der Waals surface area contributed by atoms with Crippen LogP contribution < -0.4 is 15.2 Å². The largest absolute Gasteiger partial charge is 0.504 e. The molecule has 0 saturated heterocycles. The van der Waals surface area contributed by atoms with Crippen LogP contribution in [0.4, 0.5) is 0 Å². The van der Waals surface area contributed by atoms with Crippen molar-refractivity contribution >= 4 is 45.3 Å². The van der Waals surface area contributed by atoms with Gasteiger partial charge in [-0.15, -0.1) is 11.3 Å². The number of thioether (sulfide) groups is 1. The Labute approximate surface area is 181 Å². The molecule has 1 heterocycles. The van der Waals surface area contributed by atoms with Gasteiger partial charge in [0.25, 0.3) is 5.91 Å². The molecule has 9 heteroatoms. The molecule has 0 bridgehead atoms. The number of primary amides is 1. The highest BCUT2D eigenvalue weighted by molar-refractivity contribution is 8.00. The number of thiazole rings is 1. The average Bonchev–Trinajstić information content (AvgIpc) is 3.14. The minimum atomic E-state index is -0.818. The first kappa shape index (κ1) is 21.5. The molecule has 30 heavy (non-hydrogen) atoms. The summed E-state index contributed by atoms with van der Waals surface area (Å²) >= 11 is 3.01. The summed E-state index contributed by atoms with van der Waals surface area (Å²) in [6.45, 7) is 2.52. The molecule has 0 aliphatic carbocycles. The molecular formula is C21H19N3O4S2. The van der Waals surface area contributed by atoms with E-state index in [-0.39, 0.29) is 17.1 Å². The van der Waals surface area contributed by atoms with E-state index in [2.05, 4.69) is 4.98 Å². The Morgan fingerprint density at radius 2 is 2.20 bits per heavy atom. The Morgan fingerprint density at radius 3 is 2.87 bits per heavy atom. The summed E-state index contributed by atoms with van der Waals surface area (Å²) in [4.78, 5) is 16.0. The predicted octanol–water partition coefficient (Wildman–Crippen LogP) is 4.09. The number of ether oxygens (including phenoxy) is 2. The molecule has 3 aromatic rings. The smallest absolute Gasteiger partial charge is 0.259 e. The summed E-state index contributed by atoms with van der Waals surface area (Å²) < 4.78 is 12.6. The highest BCUT2D eigenvalue weighted by Gasteiger charge is 2.14. The number of carbonyl (C=O) groups excluding carboxylic acids is 1. The normalized spacial score (nSPS) is 11.3. The summed E-state index contributed by atoms with van der Waals surface area (Å²) in [6.07, 6.45) is 1.37. The standard InChI is InChI=1S/C21H19N3O4S2/c1-3-28-15-4-5-18-16(9-15)24-21(30-18)29-11-14-7-12(6-13(10-22)20(23)26)8-17(27-2)19(14)25/h4-9,25H,3,11H2,1-2H3,(H2,23,26)/b13-6+. The second-order valence-electron chi connectivity index (χ2n) is 6.10. The maximum absolute atomic E-state index is 11.3. The number of nitriles is 1. The summed E-state index contributed by atoms with van der Waals surface area (Å²) in [6, 6.07) is 10.8. The van der Waals surface area contributed by atoms with Crippen LogP contribution in [0.2, 0.25) is 0 Å². The molecular weight excluding hydrogens is 422 g/mol. The van der Waals surface area contributed by atoms with Crippen molar-refractivity contribution in [3.8, 4) is 23.3 Å². The van der Waals surface area contributed by atoms with Crippen LogP contribution in [0.5, 0.6) is 17.2 Å². The number of nitrogens with two attached hydrogens (primary N) is 1. The second kappa shape index (κ2) is 9.52. The lowest BCUT2D eigenvalue weighted by Crippen LogP contribution is -2.12. The molecule has 3 rings (SSSR count). The maximum atomic E-state index is 11.3. The van der Waals surface area contributed by atoms with Gasteiger partial charge in [0.05, 0.1) is 23.9 Å². The van der Waals surface area contributed by atoms with Gasteiger partial charge in [0.1, 0.15) is 17.4 Å². The minimum Gasteiger partial charge on any atom is -0.504 e. The summed E-state index contributed by atoms with van der Waals surface area (Å²) in [5.74, 6) is 0.615. The Kier molecular flexibility index (Phi) is 6.82. The molecule has 3 N–H and O–H groups in total. The Balaban J connectivity index is 1.87. The van der Waals surface area contributed by atoms with Crippen molar-refractivity contribution in [1.29, 1.82) is 5.26 Å². The number of fused-ring (bicyclic) bond motifs is 1. The molecule has 0 spiro atoms. The fourth-order valence-corrected chi connectivity index (χ4v) is 4.73. The van der Waals surface area contributed by atoms with E-state index < -0.39 is 5.91 Å². The van der Waals surface area contributed by atoms with Gasteiger partial charge in [-0.3, -0.25) is 4.79 Å². The van der Waals surface area contributed by atoms with E-state index in [4.69, 9.17) is 20.5 Å². The van der Waals surface area contributed by atoms with Crippen LogP contribution in [0.25, 0.3) is 16.3 Å². The third kappa shape index (κ3) is 4.84. The highest BCUT2D eigenvalue weighted by Crippen LogP contribution is 2.38. The molecule has 7 nitrogen and oxygen atoms in total. The lowest BCUT2D eigenvalue weighted by atomic mass is 10.1. The van der Waals surface area contributed by atoms with Gasteiger partial charge in [-0.1, -0.05) is 11.8 Å². The number of hydrogen-bond donors (Lipinski definition) is 2. The van der Waals surface area contributed by atoms with Crippen molar-refractivity contribution in [3.63, 3.8) is 0 Å². The van der Waals surface area contributed by atoms with Crippen molar-refractivity contribution in [3.05, 3.63) is 47.0 Å². The Hall–Kier alpha value is -3.22. The van der Waals surface area contributed by atoms with E-state index in [1.165, 1.54) is 31.0 Å². The number of benzene rings is 2. The molecule has 1 amide bonds. The number of phenols is 1. The van der Waals surface area contributed by atoms with Gasteiger partial charge in [-0.25, -0.2) is 4.98 Å². The van der Waals surface area contributed by atoms with Crippen molar-refractivity contribution in [2.75, 3.05) is 13.7 Å². The zero-order valence-electron chi connectivity index (χ0n) is 16.3. The highest BCUT2D eigenvalue weighted by atomic mass is 32.2. The van der Waals surface area contributed by atoms with Crippen LogP contribution in [0.3, 0.4) is 0 Å². The molecule has 154 valence electrons. The number of phenolic OH excluding ortho intramolecular Hbond substituents is 1. The first-order chi connectivity index (χ1) is 14.4. The molecule has 0 aliphatic rings. The van der Waals surface area contributed by atoms with E-state index in [9.17, 15) is 9.90 Å². The quantitative estimate of drug-likeness (QED) is 0.307. The van der Waals surface area contributed by atoms with E-state index in [1.807, 2.05) is 25.1 Å². The third-order valence-electron chi connectivity index (χ3n) is 4.09. The molecule has 2 aromatic carbocycles. The van der Waals surface area contributed by atoms with Crippen LogP contribution in [0.15, 0.2) is 40.2 Å². The SMILES string of the molecule is CCOc1ccc2sc(SCc3cc(/C=C(\C#N)C(N)=O)cc(OC)c3O)nc2c1. The zero-order valence-corrected chi connectivity index (χ0v) is 18.0. The van der Waals surface area contributed by atoms with Crippen molar-refractivity contribution in [2.24, 2.45) is 5.73 Å². The fourth-order valence-electron chi connectivity index (χ4n) is 2.71. The van der Waals surface area contributed by atoms with Gasteiger partial charge < -0.3 is 20.3 Å². The molecule has 0 radical (unpaired) electrons. The Morgan fingerprint density at radius 1 is 1.40 bits per heavy atom. The summed E-state index contributed by atoms with van der Waals surface area (Å²) in [5.41, 5.74) is 6.99. The predicted molar refractivity (Wildman–Crippen MR) is 118 cm³/mol. The van der Waals surface area contributed by atoms with Crippen LogP contribution >= 0.6 is 23.1 Å². The third-order valence-corrected chi connectivity index (χ3v) is 6.32. The number of aromatic nitrogens is 1. The topological polar surface area (TPSA) is 118 Å². The number of rotatable bonds is 8. The molecule has 1 aromatic heterocycles. The van der Waals surface area contributed by atoms with Crippen molar-refractivity contribution in [1.82, 2.24) is 4.98 Å². The maximum Gasteiger partial charge on any atom is 0.259 e. The van der Waals surface area contributed by atoms with Gasteiger partial charge in [0.2, 0.25) is 0 Å². The number of methoxy groups -OCH3 is 1. The zero-order chi connectivity index (χ0) is 21.7. The number of carbonyl (C=O) groups is 1. The van der Waals surface area contributed by atoms with Gasteiger partial charge in [0.15, 0.2) is 15.8 Å². The number of amides is 1. The lowest BCUT2D eigenvalue weighted by molar-refractivity contribution is -0.114. The molecule has 0 aliphatic heterocycles. The van der Waals surface area contributed by atoms with Crippen LogP contribution in [0, 0.1) is 11.3 Å². The van der Waals surface area contributed by atoms with Crippen molar-refractivity contribution in [2.45, 2.75) is 17.0 Å². The van der Waals surface area contributed by atoms with E-state index >= 15 is 0 Å². The van der Waals surface area contributed by atoms with E-state index in [1.54, 1.807) is 23.5 Å².